The van der Waals surface area contributed by atoms with Crippen LogP contribution in [0.15, 0.2) is 28.8 Å². The van der Waals surface area contributed by atoms with E-state index >= 15 is 0 Å². The molecular weight excluding hydrogens is 368 g/mol. The molecule has 2 aliphatic rings. The number of hydrogen-bond donors (Lipinski definition) is 1. The van der Waals surface area contributed by atoms with Crippen LogP contribution in [0.1, 0.15) is 49.4 Å². The number of hydrogen-bond acceptors (Lipinski definition) is 6. The predicted molar refractivity (Wildman–Crippen MR) is 98.6 cm³/mol. The predicted octanol–water partition coefficient (Wildman–Crippen LogP) is 1.73. The summed E-state index contributed by atoms with van der Waals surface area (Å²) in [5, 5.41) is 3.79. The first-order valence-electron chi connectivity index (χ1n) is 9.10. The maximum absolute atomic E-state index is 12.0. The number of nitrogens with one attached hydrogen (secondary N) is 1. The third kappa shape index (κ3) is 4.19. The summed E-state index contributed by atoms with van der Waals surface area (Å²) in [6.07, 6.45) is 3.05. The zero-order valence-electron chi connectivity index (χ0n) is 15.1. The highest BCUT2D eigenvalue weighted by atomic mass is 32.2. The van der Waals surface area contributed by atoms with Gasteiger partial charge in [-0.05, 0) is 30.9 Å². The Hall–Kier alpha value is -2.26. The second-order valence-electron chi connectivity index (χ2n) is 7.18. The highest BCUT2D eigenvalue weighted by molar-refractivity contribution is 7.88. The van der Waals surface area contributed by atoms with Crippen LogP contribution in [-0.4, -0.2) is 37.1 Å². The summed E-state index contributed by atoms with van der Waals surface area (Å²) in [5.74, 6) is 0.553. The third-order valence-corrected chi connectivity index (χ3v) is 6.24. The van der Waals surface area contributed by atoms with Crippen LogP contribution in [0.4, 0.5) is 5.69 Å². The van der Waals surface area contributed by atoms with E-state index in [4.69, 9.17) is 4.52 Å². The van der Waals surface area contributed by atoms with Crippen molar-refractivity contribution in [2.24, 2.45) is 0 Å². The van der Waals surface area contributed by atoms with Crippen molar-refractivity contribution < 1.29 is 17.7 Å². The van der Waals surface area contributed by atoms with Gasteiger partial charge in [0.1, 0.15) is 5.75 Å². The van der Waals surface area contributed by atoms with Gasteiger partial charge in [0.15, 0.2) is 5.82 Å². The molecule has 144 valence electrons. The number of nitrogens with zero attached hydrogens (tertiary/aromatic N) is 3. The number of rotatable bonds is 7. The van der Waals surface area contributed by atoms with E-state index in [-0.39, 0.29) is 29.4 Å². The van der Waals surface area contributed by atoms with Gasteiger partial charge < -0.3 is 9.42 Å². The van der Waals surface area contributed by atoms with Gasteiger partial charge in [-0.2, -0.15) is 4.98 Å². The van der Waals surface area contributed by atoms with Crippen molar-refractivity contribution in [1.82, 2.24) is 14.9 Å². The van der Waals surface area contributed by atoms with E-state index in [9.17, 15) is 13.2 Å². The van der Waals surface area contributed by atoms with Crippen LogP contribution in [0, 0.1) is 0 Å². The average Bonchev–Trinajstić information content (AvgIpc) is 3.17. The van der Waals surface area contributed by atoms with E-state index in [1.165, 1.54) is 0 Å². The summed E-state index contributed by atoms with van der Waals surface area (Å²) in [7, 11) is -3.42. The first kappa shape index (κ1) is 18.1. The summed E-state index contributed by atoms with van der Waals surface area (Å²) in [4.78, 5) is 17.9. The smallest absolute Gasteiger partial charge is 0.226 e. The molecule has 1 amide bonds. The number of aromatic nitrogens is 2. The minimum atomic E-state index is -3.42. The summed E-state index contributed by atoms with van der Waals surface area (Å²) in [6.45, 7) is 2.20. The fourth-order valence-electron chi connectivity index (χ4n) is 3.46. The van der Waals surface area contributed by atoms with E-state index in [1.807, 2.05) is 24.3 Å². The topological polar surface area (TPSA) is 105 Å². The lowest BCUT2D eigenvalue weighted by molar-refractivity contribution is -0.116. The Bertz CT molecular complexity index is 952. The second-order valence-corrected chi connectivity index (χ2v) is 8.93. The normalized spacial score (nSPS) is 19.3. The first-order valence-corrected chi connectivity index (χ1v) is 10.7. The molecule has 4 rings (SSSR count). The van der Waals surface area contributed by atoms with Gasteiger partial charge in [-0.3, -0.25) is 4.79 Å². The highest BCUT2D eigenvalue weighted by Gasteiger charge is 2.31. The minimum absolute atomic E-state index is 0.0263. The number of aryl methyl sites for hydroxylation is 1. The molecule has 27 heavy (non-hydrogen) atoms. The molecule has 1 aromatic heterocycles. The second kappa shape index (κ2) is 7.05. The Kier molecular flexibility index (Phi) is 4.73. The third-order valence-electron chi connectivity index (χ3n) is 4.91. The lowest BCUT2D eigenvalue weighted by Gasteiger charge is -2.14. The monoisotopic (exact) mass is 390 g/mol. The van der Waals surface area contributed by atoms with Gasteiger partial charge in [-0.15, -0.1) is 0 Å². The molecule has 1 fully saturated rings. The molecule has 9 heteroatoms. The van der Waals surface area contributed by atoms with Crippen LogP contribution in [0.25, 0.3) is 0 Å². The Balaban J connectivity index is 1.38. The number of sulfonamides is 1. The zero-order valence-corrected chi connectivity index (χ0v) is 15.9. The van der Waals surface area contributed by atoms with E-state index < -0.39 is 10.0 Å². The van der Waals surface area contributed by atoms with Gasteiger partial charge in [0.05, 0.1) is 0 Å². The molecule has 1 unspecified atom stereocenters. The van der Waals surface area contributed by atoms with Crippen molar-refractivity contribution >= 4 is 21.6 Å². The highest BCUT2D eigenvalue weighted by Crippen LogP contribution is 2.38. The molecule has 2 aromatic rings. The number of benzene rings is 1. The fraction of sp³-hybridized carbons (Fsp3) is 0.500. The van der Waals surface area contributed by atoms with Gasteiger partial charge in [-0.1, -0.05) is 23.4 Å². The van der Waals surface area contributed by atoms with Crippen LogP contribution < -0.4 is 9.62 Å². The minimum Gasteiger partial charge on any atom is -0.339 e. The molecule has 1 atom stereocenters. The molecule has 1 aliphatic carbocycles. The molecule has 0 bridgehead atoms. The molecule has 1 aromatic carbocycles. The van der Waals surface area contributed by atoms with E-state index in [0.29, 0.717) is 18.9 Å². The van der Waals surface area contributed by atoms with Crippen LogP contribution in [0.2, 0.25) is 0 Å². The lowest BCUT2D eigenvalue weighted by Crippen LogP contribution is -2.27. The molecule has 0 spiro atoms. The van der Waals surface area contributed by atoms with Crippen molar-refractivity contribution in [2.75, 3.05) is 11.4 Å². The lowest BCUT2D eigenvalue weighted by atomic mass is 9.96. The molecular formula is C18H22N4O4S. The fourth-order valence-corrected chi connectivity index (χ4v) is 4.74. The van der Waals surface area contributed by atoms with Gasteiger partial charge in [0.25, 0.3) is 0 Å². The first-order chi connectivity index (χ1) is 12.9. The molecule has 1 aliphatic heterocycles. The quantitative estimate of drug-likeness (QED) is 0.772. The molecule has 0 radical (unpaired) electrons. The SMILES string of the molecule is CC(=O)N1CC(CCc2nc(CS(=O)(=O)NC3CC3)no2)c2ccccc21. The molecule has 1 saturated carbocycles. The number of fused-ring (bicyclic) bond motifs is 1. The van der Waals surface area contributed by atoms with Gasteiger partial charge in [0.2, 0.25) is 21.8 Å². The molecule has 8 nitrogen and oxygen atoms in total. The summed E-state index contributed by atoms with van der Waals surface area (Å²) < 4.78 is 31.8. The number of carbonyl (C=O) groups excluding carboxylic acids is 1. The van der Waals surface area contributed by atoms with Crippen LogP contribution in [0.5, 0.6) is 0 Å². The Morgan fingerprint density at radius 3 is 2.85 bits per heavy atom. The summed E-state index contributed by atoms with van der Waals surface area (Å²) in [6, 6.07) is 7.96. The van der Waals surface area contributed by atoms with Gasteiger partial charge in [-0.25, -0.2) is 13.1 Å². The van der Waals surface area contributed by atoms with Crippen molar-refractivity contribution in [3.8, 4) is 0 Å². The number of para-hydroxylation sites is 1. The largest absolute Gasteiger partial charge is 0.339 e. The number of anilines is 1. The number of amides is 1. The molecule has 1 N–H and O–H groups in total. The molecule has 0 saturated heterocycles. The van der Waals surface area contributed by atoms with Crippen LogP contribution >= 0.6 is 0 Å². The zero-order chi connectivity index (χ0) is 19.0. The van der Waals surface area contributed by atoms with Crippen LogP contribution in [0.3, 0.4) is 0 Å². The molecule has 2 heterocycles. The standard InChI is InChI=1S/C18H22N4O4S/c1-12(23)22-10-13(15-4-2-3-5-16(15)22)6-9-18-19-17(20-26-18)11-27(24,25)21-14-7-8-14/h2-5,13-14,21H,6-11H2,1H3. The average molecular weight is 390 g/mol. The van der Waals surface area contributed by atoms with Gasteiger partial charge >= 0.3 is 0 Å². The summed E-state index contributed by atoms with van der Waals surface area (Å²) >= 11 is 0. The summed E-state index contributed by atoms with van der Waals surface area (Å²) in [5.41, 5.74) is 2.10. The Morgan fingerprint density at radius 2 is 2.11 bits per heavy atom. The van der Waals surface area contributed by atoms with E-state index in [2.05, 4.69) is 14.9 Å². The van der Waals surface area contributed by atoms with Crippen molar-refractivity contribution in [1.29, 1.82) is 0 Å². The maximum Gasteiger partial charge on any atom is 0.226 e. The van der Waals surface area contributed by atoms with Crippen LogP contribution in [-0.2, 0) is 27.0 Å². The van der Waals surface area contributed by atoms with Crippen molar-refractivity contribution in [2.45, 2.75) is 50.3 Å². The van der Waals surface area contributed by atoms with Crippen molar-refractivity contribution in [3.05, 3.63) is 41.5 Å². The Morgan fingerprint density at radius 1 is 1.33 bits per heavy atom. The van der Waals surface area contributed by atoms with Crippen molar-refractivity contribution in [3.63, 3.8) is 0 Å². The van der Waals surface area contributed by atoms with E-state index in [0.717, 1.165) is 30.5 Å². The Labute approximate surface area is 158 Å². The van der Waals surface area contributed by atoms with Gasteiger partial charge in [0, 0.05) is 37.5 Å². The maximum atomic E-state index is 12.0. The van der Waals surface area contributed by atoms with E-state index in [1.54, 1.807) is 11.8 Å². The number of carbonyl (C=O) groups is 1.